The summed E-state index contributed by atoms with van der Waals surface area (Å²) < 4.78 is 48.0. The molecule has 1 saturated carbocycles. The van der Waals surface area contributed by atoms with E-state index in [0.29, 0.717) is 10.6 Å². The molecule has 206 valence electrons. The number of alkyl halides is 3. The average Bonchev–Trinajstić information content (AvgIpc) is 3.67. The average molecular weight is 563 g/mol. The zero-order valence-electron chi connectivity index (χ0n) is 21.1. The Morgan fingerprint density at radius 2 is 1.69 bits per heavy atom. The number of carbonyl (C=O) groups is 2. The molecule has 0 amide bonds. The standard InChI is InChI=1S/C27H26ClF3N4O4/c1-2-38-23(37)12-11-21(36)18-5-3-17(4-6-18)15-22-32-24(34-25(33-22)39-16-27(29,30)31)35-26(13-14-26)19-7-9-20(28)10-8-19/h3-10H,2,11-16H2,1H3,(H,32,33,34,35). The maximum Gasteiger partial charge on any atom is 0.422 e. The van der Waals surface area contributed by atoms with Crippen LogP contribution in [0.1, 0.15) is 59.9 Å². The summed E-state index contributed by atoms with van der Waals surface area (Å²) in [5.41, 5.74) is 1.63. The van der Waals surface area contributed by atoms with E-state index in [-0.39, 0.29) is 43.4 Å². The summed E-state index contributed by atoms with van der Waals surface area (Å²) in [4.78, 5) is 36.4. The number of nitrogens with one attached hydrogen (secondary N) is 1. The van der Waals surface area contributed by atoms with Crippen molar-refractivity contribution in [2.24, 2.45) is 0 Å². The summed E-state index contributed by atoms with van der Waals surface area (Å²) in [6, 6.07) is 13.5. The topological polar surface area (TPSA) is 103 Å². The Labute approximate surface area is 227 Å². The Kier molecular flexibility index (Phi) is 8.69. The van der Waals surface area contributed by atoms with Gasteiger partial charge in [0.1, 0.15) is 5.82 Å². The third-order valence-electron chi connectivity index (χ3n) is 6.02. The smallest absolute Gasteiger partial charge is 0.422 e. The predicted molar refractivity (Wildman–Crippen MR) is 137 cm³/mol. The van der Waals surface area contributed by atoms with Crippen molar-refractivity contribution in [3.8, 4) is 6.01 Å². The second-order valence-corrected chi connectivity index (χ2v) is 9.51. The van der Waals surface area contributed by atoms with Crippen LogP contribution in [0.4, 0.5) is 19.1 Å². The predicted octanol–water partition coefficient (Wildman–Crippen LogP) is 5.68. The molecule has 0 bridgehead atoms. The molecule has 0 atom stereocenters. The fourth-order valence-electron chi connectivity index (χ4n) is 3.92. The summed E-state index contributed by atoms with van der Waals surface area (Å²) in [7, 11) is 0. The van der Waals surface area contributed by atoms with Gasteiger partial charge in [-0.3, -0.25) is 9.59 Å². The van der Waals surface area contributed by atoms with Crippen molar-refractivity contribution < 1.29 is 32.2 Å². The fourth-order valence-corrected chi connectivity index (χ4v) is 4.05. The molecule has 0 spiro atoms. The van der Waals surface area contributed by atoms with Gasteiger partial charge in [0.15, 0.2) is 12.4 Å². The highest BCUT2D eigenvalue weighted by Crippen LogP contribution is 2.48. The molecule has 1 fully saturated rings. The lowest BCUT2D eigenvalue weighted by molar-refractivity contribution is -0.154. The van der Waals surface area contributed by atoms with E-state index >= 15 is 0 Å². The molecular formula is C27H26ClF3N4O4. The number of hydrogen-bond donors (Lipinski definition) is 1. The van der Waals surface area contributed by atoms with Crippen molar-refractivity contribution in [2.45, 2.75) is 50.7 Å². The fraction of sp³-hybridized carbons (Fsp3) is 0.370. The van der Waals surface area contributed by atoms with Gasteiger partial charge in [-0.1, -0.05) is 48.0 Å². The molecule has 1 N–H and O–H groups in total. The number of anilines is 1. The summed E-state index contributed by atoms with van der Waals surface area (Å²) in [5.74, 6) is -0.358. The Hall–Kier alpha value is -3.73. The molecule has 1 aromatic heterocycles. The van der Waals surface area contributed by atoms with E-state index in [9.17, 15) is 22.8 Å². The van der Waals surface area contributed by atoms with Crippen LogP contribution < -0.4 is 10.1 Å². The third kappa shape index (κ3) is 8.13. The van der Waals surface area contributed by atoms with Gasteiger partial charge >= 0.3 is 18.2 Å². The molecule has 1 aliphatic carbocycles. The minimum Gasteiger partial charge on any atom is -0.466 e. The molecule has 0 saturated heterocycles. The quantitative estimate of drug-likeness (QED) is 0.222. The molecule has 2 aromatic carbocycles. The van der Waals surface area contributed by atoms with Crippen LogP contribution in [0.3, 0.4) is 0 Å². The van der Waals surface area contributed by atoms with Crippen molar-refractivity contribution in [3.63, 3.8) is 0 Å². The summed E-state index contributed by atoms with van der Waals surface area (Å²) in [6.45, 7) is 0.404. The summed E-state index contributed by atoms with van der Waals surface area (Å²) in [5, 5.41) is 3.83. The summed E-state index contributed by atoms with van der Waals surface area (Å²) >= 11 is 6.00. The number of carbonyl (C=O) groups excluding carboxylic acids is 2. The SMILES string of the molecule is CCOC(=O)CCC(=O)c1ccc(Cc2nc(NC3(c4ccc(Cl)cc4)CC3)nc(OCC(F)(F)F)n2)cc1. The van der Waals surface area contributed by atoms with Gasteiger partial charge in [-0.2, -0.15) is 28.1 Å². The number of hydrogen-bond acceptors (Lipinski definition) is 8. The molecule has 3 aromatic rings. The van der Waals surface area contributed by atoms with E-state index in [2.05, 4.69) is 20.3 Å². The maximum absolute atomic E-state index is 12.8. The molecule has 0 unspecified atom stereocenters. The Bertz CT molecular complexity index is 1310. The number of nitrogens with zero attached hydrogens (tertiary/aromatic N) is 3. The van der Waals surface area contributed by atoms with E-state index in [4.69, 9.17) is 21.1 Å². The van der Waals surface area contributed by atoms with Gasteiger partial charge in [0.2, 0.25) is 5.95 Å². The maximum atomic E-state index is 12.8. The second kappa shape index (κ2) is 12.0. The normalized spacial score (nSPS) is 14.0. The van der Waals surface area contributed by atoms with Crippen LogP contribution in [0.5, 0.6) is 6.01 Å². The number of ether oxygens (including phenoxy) is 2. The molecule has 0 aliphatic heterocycles. The van der Waals surface area contributed by atoms with Crippen molar-refractivity contribution in [1.82, 2.24) is 15.0 Å². The van der Waals surface area contributed by atoms with E-state index in [1.807, 2.05) is 12.1 Å². The lowest BCUT2D eigenvalue weighted by atomic mass is 10.0. The molecule has 0 radical (unpaired) electrons. The number of ketones is 1. The molecule has 1 aliphatic rings. The van der Waals surface area contributed by atoms with E-state index < -0.39 is 30.3 Å². The number of benzene rings is 2. The molecule has 8 nitrogen and oxygen atoms in total. The van der Waals surface area contributed by atoms with Crippen LogP contribution in [0.15, 0.2) is 48.5 Å². The van der Waals surface area contributed by atoms with Crippen molar-refractivity contribution in [3.05, 3.63) is 76.1 Å². The van der Waals surface area contributed by atoms with E-state index in [0.717, 1.165) is 24.0 Å². The van der Waals surface area contributed by atoms with Crippen LogP contribution in [0, 0.1) is 0 Å². The molecule has 39 heavy (non-hydrogen) atoms. The second-order valence-electron chi connectivity index (χ2n) is 9.08. The molecular weight excluding hydrogens is 537 g/mol. The lowest BCUT2D eigenvalue weighted by Gasteiger charge is -2.19. The van der Waals surface area contributed by atoms with Gasteiger partial charge in [0.05, 0.1) is 18.6 Å². The first-order valence-electron chi connectivity index (χ1n) is 12.3. The lowest BCUT2D eigenvalue weighted by Crippen LogP contribution is -2.23. The van der Waals surface area contributed by atoms with Crippen LogP contribution >= 0.6 is 11.6 Å². The first-order valence-corrected chi connectivity index (χ1v) is 12.7. The Morgan fingerprint density at radius 1 is 1.00 bits per heavy atom. The molecule has 4 rings (SSSR count). The number of rotatable bonds is 12. The number of Topliss-reactive ketones (excluding diaryl/α,β-unsaturated/α-hetero) is 1. The third-order valence-corrected chi connectivity index (χ3v) is 6.28. The van der Waals surface area contributed by atoms with Gasteiger partial charge in [-0.15, -0.1) is 0 Å². The van der Waals surface area contributed by atoms with Crippen LogP contribution in [-0.4, -0.2) is 46.1 Å². The minimum absolute atomic E-state index is 0.00668. The van der Waals surface area contributed by atoms with Crippen LogP contribution in [-0.2, 0) is 21.5 Å². The summed E-state index contributed by atoms with van der Waals surface area (Å²) in [6.07, 6.45) is -2.83. The first kappa shape index (κ1) is 28.3. The highest BCUT2D eigenvalue weighted by atomic mass is 35.5. The monoisotopic (exact) mass is 562 g/mol. The highest BCUT2D eigenvalue weighted by molar-refractivity contribution is 6.30. The van der Waals surface area contributed by atoms with Crippen LogP contribution in [0.25, 0.3) is 0 Å². The zero-order chi connectivity index (χ0) is 28.0. The van der Waals surface area contributed by atoms with Crippen molar-refractivity contribution in [1.29, 1.82) is 0 Å². The van der Waals surface area contributed by atoms with E-state index in [1.165, 1.54) is 0 Å². The number of halogens is 4. The van der Waals surface area contributed by atoms with Gasteiger partial charge in [-0.25, -0.2) is 0 Å². The number of aromatic nitrogens is 3. The van der Waals surface area contributed by atoms with Gasteiger partial charge < -0.3 is 14.8 Å². The van der Waals surface area contributed by atoms with Crippen LogP contribution in [0.2, 0.25) is 5.02 Å². The molecule has 1 heterocycles. The first-order chi connectivity index (χ1) is 18.5. The molecule has 12 heteroatoms. The van der Waals surface area contributed by atoms with Crippen molar-refractivity contribution >= 4 is 29.3 Å². The number of esters is 1. The zero-order valence-corrected chi connectivity index (χ0v) is 21.8. The largest absolute Gasteiger partial charge is 0.466 e. The van der Waals surface area contributed by atoms with Crippen molar-refractivity contribution in [2.75, 3.05) is 18.5 Å². The Balaban J connectivity index is 1.50. The Morgan fingerprint density at radius 3 is 2.31 bits per heavy atom. The highest BCUT2D eigenvalue weighted by Gasteiger charge is 2.45. The van der Waals surface area contributed by atoms with Gasteiger partial charge in [0.25, 0.3) is 0 Å². The van der Waals surface area contributed by atoms with Gasteiger partial charge in [-0.05, 0) is 43.0 Å². The minimum atomic E-state index is -4.56. The van der Waals surface area contributed by atoms with Gasteiger partial charge in [0, 0.05) is 23.4 Å². The van der Waals surface area contributed by atoms with E-state index in [1.54, 1.807) is 43.3 Å².